The minimum Gasteiger partial charge on any atom is -0.492 e. The molecule has 1 aromatic carbocycles. The Morgan fingerprint density at radius 1 is 1.40 bits per heavy atom. The maximum Gasteiger partial charge on any atom is 0.338 e. The van der Waals surface area contributed by atoms with Gasteiger partial charge >= 0.3 is 5.97 Å². The molecule has 6 heteroatoms. The topological polar surface area (TPSA) is 55.8 Å². The zero-order valence-electron chi connectivity index (χ0n) is 8.01. The van der Waals surface area contributed by atoms with E-state index in [1.54, 1.807) is 0 Å². The van der Waals surface area contributed by atoms with Crippen LogP contribution in [-0.2, 0) is 0 Å². The average molecular weight is 279 g/mol. The van der Waals surface area contributed by atoms with Gasteiger partial charge in [0.1, 0.15) is 5.56 Å². The van der Waals surface area contributed by atoms with Crippen molar-refractivity contribution in [3.05, 3.63) is 21.9 Å². The number of carboxylic acid groups (broad SMARTS) is 1. The van der Waals surface area contributed by atoms with Gasteiger partial charge in [0.15, 0.2) is 17.3 Å². The van der Waals surface area contributed by atoms with Crippen LogP contribution in [0.4, 0.5) is 4.39 Å². The number of rotatable bonds is 3. The number of carbonyl (C=O) groups is 1. The summed E-state index contributed by atoms with van der Waals surface area (Å²) in [6.45, 7) is 0. The van der Waals surface area contributed by atoms with E-state index in [9.17, 15) is 9.18 Å². The predicted octanol–water partition coefficient (Wildman–Crippen LogP) is 2.30. The molecule has 82 valence electrons. The van der Waals surface area contributed by atoms with Crippen LogP contribution < -0.4 is 9.47 Å². The highest BCUT2D eigenvalue weighted by atomic mass is 79.9. The summed E-state index contributed by atoms with van der Waals surface area (Å²) in [4.78, 5) is 10.7. The number of benzene rings is 1. The van der Waals surface area contributed by atoms with Crippen molar-refractivity contribution < 1.29 is 23.8 Å². The highest BCUT2D eigenvalue weighted by molar-refractivity contribution is 9.10. The van der Waals surface area contributed by atoms with Crippen molar-refractivity contribution in [3.63, 3.8) is 0 Å². The molecule has 0 saturated carbocycles. The van der Waals surface area contributed by atoms with Gasteiger partial charge in [0.05, 0.1) is 18.7 Å². The number of methoxy groups -OCH3 is 2. The molecule has 0 aliphatic heterocycles. The third-order valence-corrected chi connectivity index (χ3v) is 2.36. The second-order valence-corrected chi connectivity index (χ2v) is 3.45. The Labute approximate surface area is 93.7 Å². The lowest BCUT2D eigenvalue weighted by atomic mass is 10.2. The molecule has 1 aromatic rings. The first kappa shape index (κ1) is 11.8. The Hall–Kier alpha value is -1.30. The summed E-state index contributed by atoms with van der Waals surface area (Å²) in [5.74, 6) is -2.43. The SMILES string of the molecule is COc1c(Br)cc(C(=O)O)c(F)c1OC. The minimum atomic E-state index is -1.37. The molecule has 0 saturated heterocycles. The van der Waals surface area contributed by atoms with Crippen molar-refractivity contribution in [1.29, 1.82) is 0 Å². The summed E-state index contributed by atoms with van der Waals surface area (Å²) in [7, 11) is 2.57. The summed E-state index contributed by atoms with van der Waals surface area (Å²) < 4.78 is 23.5. The number of halogens is 2. The number of carboxylic acids is 1. The smallest absolute Gasteiger partial charge is 0.338 e. The molecule has 1 N–H and O–H groups in total. The first-order valence-corrected chi connectivity index (χ1v) is 4.65. The summed E-state index contributed by atoms with van der Waals surface area (Å²) in [5, 5.41) is 8.72. The molecule has 0 aliphatic carbocycles. The van der Waals surface area contributed by atoms with Crippen LogP contribution in [0, 0.1) is 5.82 Å². The number of aromatic carboxylic acids is 1. The second kappa shape index (κ2) is 4.48. The highest BCUT2D eigenvalue weighted by Crippen LogP contribution is 2.39. The van der Waals surface area contributed by atoms with Crippen molar-refractivity contribution in [2.24, 2.45) is 0 Å². The van der Waals surface area contributed by atoms with Crippen LogP contribution in [0.2, 0.25) is 0 Å². The van der Waals surface area contributed by atoms with Gasteiger partial charge in [-0.3, -0.25) is 0 Å². The normalized spacial score (nSPS) is 9.87. The molecule has 0 heterocycles. The first-order valence-electron chi connectivity index (χ1n) is 3.86. The van der Waals surface area contributed by atoms with E-state index in [1.165, 1.54) is 14.2 Å². The van der Waals surface area contributed by atoms with Crippen molar-refractivity contribution in [1.82, 2.24) is 0 Å². The lowest BCUT2D eigenvalue weighted by molar-refractivity contribution is 0.0690. The Morgan fingerprint density at radius 2 is 1.93 bits per heavy atom. The maximum absolute atomic E-state index is 13.5. The third kappa shape index (κ3) is 2.04. The third-order valence-electron chi connectivity index (χ3n) is 1.77. The monoisotopic (exact) mass is 278 g/mol. The molecule has 0 atom stereocenters. The second-order valence-electron chi connectivity index (χ2n) is 2.59. The van der Waals surface area contributed by atoms with Crippen molar-refractivity contribution in [2.45, 2.75) is 0 Å². The zero-order chi connectivity index (χ0) is 11.6. The van der Waals surface area contributed by atoms with Gasteiger partial charge in [-0.05, 0) is 22.0 Å². The lowest BCUT2D eigenvalue weighted by Gasteiger charge is -2.11. The van der Waals surface area contributed by atoms with Crippen LogP contribution in [0.3, 0.4) is 0 Å². The summed E-state index contributed by atoms with van der Waals surface area (Å²) >= 11 is 3.07. The van der Waals surface area contributed by atoms with Gasteiger partial charge in [-0.25, -0.2) is 9.18 Å². The minimum absolute atomic E-state index is 0.125. The fourth-order valence-corrected chi connectivity index (χ4v) is 1.69. The van der Waals surface area contributed by atoms with E-state index in [-0.39, 0.29) is 11.5 Å². The van der Waals surface area contributed by atoms with Crippen LogP contribution in [0.25, 0.3) is 0 Å². The van der Waals surface area contributed by atoms with Crippen LogP contribution >= 0.6 is 15.9 Å². The molecule has 0 aliphatic rings. The molecule has 1 rings (SSSR count). The maximum atomic E-state index is 13.5. The number of ether oxygens (including phenoxy) is 2. The van der Waals surface area contributed by atoms with Crippen molar-refractivity contribution in [2.75, 3.05) is 14.2 Å². The van der Waals surface area contributed by atoms with E-state index in [2.05, 4.69) is 15.9 Å². The van der Waals surface area contributed by atoms with Crippen molar-refractivity contribution >= 4 is 21.9 Å². The molecule has 0 aromatic heterocycles. The van der Waals surface area contributed by atoms with Gasteiger partial charge in [-0.1, -0.05) is 0 Å². The number of hydrogen-bond acceptors (Lipinski definition) is 3. The van der Waals surface area contributed by atoms with E-state index >= 15 is 0 Å². The molecule has 0 unspecified atom stereocenters. The van der Waals surface area contributed by atoms with Crippen LogP contribution in [0.1, 0.15) is 10.4 Å². The van der Waals surface area contributed by atoms with Gasteiger partial charge < -0.3 is 14.6 Å². The highest BCUT2D eigenvalue weighted by Gasteiger charge is 2.22. The van der Waals surface area contributed by atoms with Gasteiger partial charge in [-0.15, -0.1) is 0 Å². The van der Waals surface area contributed by atoms with Gasteiger partial charge in [0, 0.05) is 0 Å². The Bertz CT molecular complexity index is 406. The van der Waals surface area contributed by atoms with Crippen LogP contribution in [0.5, 0.6) is 11.5 Å². The fourth-order valence-electron chi connectivity index (χ4n) is 1.11. The lowest BCUT2D eigenvalue weighted by Crippen LogP contribution is -2.04. The molecule has 4 nitrogen and oxygen atoms in total. The van der Waals surface area contributed by atoms with Crippen LogP contribution in [0.15, 0.2) is 10.5 Å². The standard InChI is InChI=1S/C9H8BrFO4/c1-14-7-5(10)3-4(9(12)13)6(11)8(7)15-2/h3H,1-2H3,(H,12,13). The van der Waals surface area contributed by atoms with E-state index in [0.717, 1.165) is 6.07 Å². The Morgan fingerprint density at radius 3 is 2.33 bits per heavy atom. The Kier molecular flexibility index (Phi) is 3.52. The fraction of sp³-hybridized carbons (Fsp3) is 0.222. The van der Waals surface area contributed by atoms with E-state index in [1.807, 2.05) is 0 Å². The van der Waals surface area contributed by atoms with E-state index < -0.39 is 17.3 Å². The summed E-state index contributed by atoms with van der Waals surface area (Å²) in [6.07, 6.45) is 0. The molecule has 0 spiro atoms. The molecule has 0 amide bonds. The molecular formula is C9H8BrFO4. The van der Waals surface area contributed by atoms with Gasteiger partial charge in [0.2, 0.25) is 0 Å². The number of hydrogen-bond donors (Lipinski definition) is 1. The first-order chi connectivity index (χ1) is 7.02. The quantitative estimate of drug-likeness (QED) is 0.922. The molecule has 0 fully saturated rings. The molecular weight excluding hydrogens is 271 g/mol. The predicted molar refractivity (Wildman–Crippen MR) is 54.2 cm³/mol. The molecule has 15 heavy (non-hydrogen) atoms. The van der Waals surface area contributed by atoms with Gasteiger partial charge in [-0.2, -0.15) is 0 Å². The van der Waals surface area contributed by atoms with Gasteiger partial charge in [0.25, 0.3) is 0 Å². The largest absolute Gasteiger partial charge is 0.492 e. The summed E-state index contributed by atoms with van der Waals surface area (Å²) in [5.41, 5.74) is -0.473. The molecule has 0 bridgehead atoms. The van der Waals surface area contributed by atoms with Crippen molar-refractivity contribution in [3.8, 4) is 11.5 Å². The molecule has 0 radical (unpaired) electrons. The average Bonchev–Trinajstić information content (AvgIpc) is 2.19. The van der Waals surface area contributed by atoms with E-state index in [4.69, 9.17) is 14.6 Å². The van der Waals surface area contributed by atoms with Crippen LogP contribution in [-0.4, -0.2) is 25.3 Å². The summed E-state index contributed by atoms with van der Waals surface area (Å²) in [6, 6.07) is 1.12. The zero-order valence-corrected chi connectivity index (χ0v) is 9.59. The Balaban J connectivity index is 3.51. The van der Waals surface area contributed by atoms with E-state index in [0.29, 0.717) is 4.47 Å².